The summed E-state index contributed by atoms with van der Waals surface area (Å²) in [6.07, 6.45) is 0. The van der Waals surface area contributed by atoms with E-state index in [4.69, 9.17) is 4.42 Å². The summed E-state index contributed by atoms with van der Waals surface area (Å²) in [5.74, 6) is 1.49. The van der Waals surface area contributed by atoms with Crippen LogP contribution in [-0.4, -0.2) is 5.75 Å². The number of oxazole rings is 1. The van der Waals surface area contributed by atoms with E-state index >= 15 is 0 Å². The van der Waals surface area contributed by atoms with Crippen molar-refractivity contribution in [1.29, 1.82) is 0 Å². The highest BCUT2D eigenvalue weighted by molar-refractivity contribution is 7.99. The third kappa shape index (κ3) is 1.50. The van der Waals surface area contributed by atoms with Crippen LogP contribution in [0.15, 0.2) is 9.51 Å². The number of hydrogen-bond acceptors (Lipinski definition) is 3. The van der Waals surface area contributed by atoms with Gasteiger partial charge in [0.05, 0.1) is 6.92 Å². The summed E-state index contributed by atoms with van der Waals surface area (Å²) in [6.45, 7) is 3.77. The van der Waals surface area contributed by atoms with Crippen LogP contribution >= 0.6 is 11.8 Å². The normalized spacial score (nSPS) is 10.5. The molecular weight excluding hydrogens is 162 g/mol. The molecule has 0 aromatic carbocycles. The third-order valence-electron chi connectivity index (χ3n) is 1.47. The molecule has 3 nitrogen and oxygen atoms in total. The maximum Gasteiger partial charge on any atom is 0.344 e. The minimum atomic E-state index is -0.0330. The van der Waals surface area contributed by atoms with Crippen LogP contribution in [0.2, 0.25) is 0 Å². The van der Waals surface area contributed by atoms with Gasteiger partial charge in [-0.1, -0.05) is 18.7 Å². The quantitative estimate of drug-likeness (QED) is 0.485. The average Bonchev–Trinajstić information content (AvgIpc) is 2.19. The van der Waals surface area contributed by atoms with Crippen molar-refractivity contribution in [3.05, 3.63) is 5.89 Å². The molecule has 0 N–H and O–H groups in total. The molecule has 11 heavy (non-hydrogen) atoms. The standard InChI is InChI=1S/C7H11NO2S/c1-4-11-7-6(9)8(3)5(2)10-7/h4H2,1-3H3. The molecule has 0 radical (unpaired) electrons. The van der Waals surface area contributed by atoms with E-state index in [1.807, 2.05) is 6.92 Å². The molecule has 1 heterocycles. The van der Waals surface area contributed by atoms with Gasteiger partial charge in [0.2, 0.25) is 5.09 Å². The Balaban J connectivity index is 2.98. The molecule has 0 aliphatic rings. The second-order valence-electron chi connectivity index (χ2n) is 2.21. The topological polar surface area (TPSA) is 40.1 Å². The largest absolute Gasteiger partial charge is 0.820 e. The number of aryl methyl sites for hydroxylation is 1. The van der Waals surface area contributed by atoms with Crippen molar-refractivity contribution < 1.29 is 14.1 Å². The van der Waals surface area contributed by atoms with Gasteiger partial charge in [0.1, 0.15) is 7.05 Å². The van der Waals surface area contributed by atoms with Crippen molar-refractivity contribution >= 4 is 11.8 Å². The lowest BCUT2D eigenvalue weighted by Gasteiger charge is -1.95. The lowest BCUT2D eigenvalue weighted by atomic mass is 10.7. The van der Waals surface area contributed by atoms with Crippen LogP contribution in [-0.2, 0) is 7.05 Å². The summed E-state index contributed by atoms with van der Waals surface area (Å²) >= 11 is 1.44. The molecular formula is C7H11NO2S. The van der Waals surface area contributed by atoms with Gasteiger partial charge in [0.15, 0.2) is 5.88 Å². The molecule has 0 aliphatic carbocycles. The second kappa shape index (κ2) is 3.17. The smallest absolute Gasteiger partial charge is 0.344 e. The molecule has 0 fully saturated rings. The van der Waals surface area contributed by atoms with Crippen molar-refractivity contribution in [2.75, 3.05) is 5.75 Å². The summed E-state index contributed by atoms with van der Waals surface area (Å²) in [6, 6.07) is 0. The van der Waals surface area contributed by atoms with Crippen molar-refractivity contribution in [2.45, 2.75) is 18.9 Å². The molecule has 0 atom stereocenters. The van der Waals surface area contributed by atoms with Crippen LogP contribution in [0.4, 0.5) is 0 Å². The second-order valence-corrected chi connectivity index (χ2v) is 3.44. The van der Waals surface area contributed by atoms with E-state index < -0.39 is 0 Å². The van der Waals surface area contributed by atoms with Gasteiger partial charge in [-0.25, -0.2) is 0 Å². The first-order chi connectivity index (χ1) is 5.16. The summed E-state index contributed by atoms with van der Waals surface area (Å²) in [4.78, 5) is 0. The van der Waals surface area contributed by atoms with E-state index in [0.717, 1.165) is 5.75 Å². The van der Waals surface area contributed by atoms with Crippen molar-refractivity contribution in [2.24, 2.45) is 7.05 Å². The lowest BCUT2D eigenvalue weighted by Crippen LogP contribution is -2.32. The van der Waals surface area contributed by atoms with E-state index in [9.17, 15) is 5.11 Å². The van der Waals surface area contributed by atoms with Crippen LogP contribution in [0.5, 0.6) is 5.88 Å². The Hall–Kier alpha value is -0.640. The predicted molar refractivity (Wildman–Crippen MR) is 40.5 cm³/mol. The number of rotatable bonds is 2. The third-order valence-corrected chi connectivity index (χ3v) is 2.28. The first kappa shape index (κ1) is 8.46. The number of aromatic nitrogens is 1. The molecule has 0 bridgehead atoms. The van der Waals surface area contributed by atoms with Gasteiger partial charge in [0, 0.05) is 0 Å². The molecule has 0 saturated heterocycles. The van der Waals surface area contributed by atoms with E-state index in [1.165, 1.54) is 16.3 Å². The number of hydrogen-bond donors (Lipinski definition) is 0. The van der Waals surface area contributed by atoms with Gasteiger partial charge >= 0.3 is 5.89 Å². The molecule has 4 heteroatoms. The highest BCUT2D eigenvalue weighted by Gasteiger charge is 2.13. The summed E-state index contributed by atoms with van der Waals surface area (Å²) in [5, 5.41) is 11.7. The number of nitrogens with zero attached hydrogens (tertiary/aromatic N) is 1. The summed E-state index contributed by atoms with van der Waals surface area (Å²) < 4.78 is 6.71. The van der Waals surface area contributed by atoms with Gasteiger partial charge in [-0.2, -0.15) is 4.57 Å². The molecule has 1 aromatic heterocycles. The summed E-state index contributed by atoms with van der Waals surface area (Å²) in [7, 11) is 1.71. The Labute approximate surface area is 70.0 Å². The zero-order valence-electron chi connectivity index (χ0n) is 6.88. The molecule has 0 spiro atoms. The fraction of sp³-hybridized carbons (Fsp3) is 0.571. The van der Waals surface area contributed by atoms with Crippen LogP contribution in [0, 0.1) is 6.92 Å². The van der Waals surface area contributed by atoms with Gasteiger partial charge < -0.3 is 9.52 Å². The van der Waals surface area contributed by atoms with E-state index in [2.05, 4.69) is 0 Å². The zero-order valence-corrected chi connectivity index (χ0v) is 7.70. The SMILES string of the molecule is CCSc1oc(C)[n+](C)c1[O-]. The van der Waals surface area contributed by atoms with Crippen molar-refractivity contribution in [1.82, 2.24) is 0 Å². The average molecular weight is 173 g/mol. The molecule has 0 aliphatic heterocycles. The highest BCUT2D eigenvalue weighted by atomic mass is 32.2. The highest BCUT2D eigenvalue weighted by Crippen LogP contribution is 2.24. The fourth-order valence-electron chi connectivity index (χ4n) is 0.749. The van der Waals surface area contributed by atoms with Crippen LogP contribution in [0.1, 0.15) is 12.8 Å². The van der Waals surface area contributed by atoms with E-state index in [-0.39, 0.29) is 5.88 Å². The first-order valence-corrected chi connectivity index (χ1v) is 4.44. The zero-order chi connectivity index (χ0) is 8.43. The Bertz CT molecular complexity index is 257. The van der Waals surface area contributed by atoms with E-state index in [1.54, 1.807) is 14.0 Å². The van der Waals surface area contributed by atoms with Gasteiger partial charge in [0.25, 0.3) is 0 Å². The Kier molecular flexibility index (Phi) is 2.44. The van der Waals surface area contributed by atoms with Crippen LogP contribution in [0.25, 0.3) is 0 Å². The predicted octanol–water partition coefficient (Wildman–Crippen LogP) is 0.598. The van der Waals surface area contributed by atoms with Gasteiger partial charge in [-0.05, 0) is 5.75 Å². The molecule has 0 amide bonds. The minimum absolute atomic E-state index is 0.0330. The molecule has 1 aromatic rings. The molecule has 0 saturated carbocycles. The Morgan fingerprint density at radius 2 is 2.27 bits per heavy atom. The van der Waals surface area contributed by atoms with Gasteiger partial charge in [-0.3, -0.25) is 0 Å². The molecule has 1 rings (SSSR count). The lowest BCUT2D eigenvalue weighted by molar-refractivity contribution is -0.721. The van der Waals surface area contributed by atoms with Crippen molar-refractivity contribution in [3.8, 4) is 5.88 Å². The monoisotopic (exact) mass is 173 g/mol. The number of thioether (sulfide) groups is 1. The van der Waals surface area contributed by atoms with Crippen molar-refractivity contribution in [3.63, 3.8) is 0 Å². The van der Waals surface area contributed by atoms with Gasteiger partial charge in [-0.15, -0.1) is 0 Å². The minimum Gasteiger partial charge on any atom is -0.820 e. The van der Waals surface area contributed by atoms with Crippen LogP contribution < -0.4 is 9.67 Å². The fourth-order valence-corrected chi connectivity index (χ4v) is 1.45. The maximum absolute atomic E-state index is 11.2. The Morgan fingerprint density at radius 1 is 1.64 bits per heavy atom. The molecule has 0 unspecified atom stereocenters. The Morgan fingerprint density at radius 3 is 2.64 bits per heavy atom. The van der Waals surface area contributed by atoms with E-state index in [0.29, 0.717) is 11.0 Å². The first-order valence-electron chi connectivity index (χ1n) is 3.46. The molecule has 62 valence electrons. The summed E-state index contributed by atoms with van der Waals surface area (Å²) in [5.41, 5.74) is 0. The van der Waals surface area contributed by atoms with Crippen LogP contribution in [0.3, 0.4) is 0 Å². The maximum atomic E-state index is 11.2.